The van der Waals surface area contributed by atoms with Crippen molar-refractivity contribution in [2.45, 2.75) is 26.2 Å². The molecule has 0 fully saturated rings. The number of aryl methyl sites for hydroxylation is 1. The topological polar surface area (TPSA) is 30.5 Å². The average Bonchev–Trinajstić information content (AvgIpc) is 2.66. The molecule has 1 aromatic heterocycles. The molecule has 0 saturated carbocycles. The first kappa shape index (κ1) is 12.6. The van der Waals surface area contributed by atoms with Gasteiger partial charge < -0.3 is 14.8 Å². The zero-order valence-electron chi connectivity index (χ0n) is 9.74. The Morgan fingerprint density at radius 1 is 1.40 bits per heavy atom. The maximum atomic E-state index is 5.12. The van der Waals surface area contributed by atoms with E-state index in [2.05, 4.69) is 30.6 Å². The van der Waals surface area contributed by atoms with E-state index in [0.29, 0.717) is 12.6 Å². The summed E-state index contributed by atoms with van der Waals surface area (Å²) in [6, 6.07) is 2.49. The predicted octanol–water partition coefficient (Wildman–Crippen LogP) is 2.33. The molecule has 86 valence electrons. The highest BCUT2D eigenvalue weighted by Gasteiger charge is 2.11. The van der Waals surface area contributed by atoms with Crippen molar-refractivity contribution in [3.8, 4) is 0 Å². The molecule has 4 heteroatoms. The average molecular weight is 229 g/mol. The van der Waals surface area contributed by atoms with Crippen LogP contribution < -0.4 is 5.32 Å². The summed E-state index contributed by atoms with van der Waals surface area (Å²) in [4.78, 5) is 1.38. The molecule has 0 bridgehead atoms. The van der Waals surface area contributed by atoms with E-state index in [1.54, 1.807) is 25.6 Å². The van der Waals surface area contributed by atoms with Crippen molar-refractivity contribution in [1.29, 1.82) is 0 Å². The maximum absolute atomic E-state index is 5.12. The van der Waals surface area contributed by atoms with Gasteiger partial charge in [0.05, 0.1) is 0 Å². The van der Waals surface area contributed by atoms with Crippen LogP contribution in [-0.2, 0) is 9.47 Å². The first-order valence-corrected chi connectivity index (χ1v) is 5.90. The van der Waals surface area contributed by atoms with Gasteiger partial charge >= 0.3 is 0 Å². The van der Waals surface area contributed by atoms with E-state index < -0.39 is 0 Å². The fourth-order valence-electron chi connectivity index (χ4n) is 1.46. The fraction of sp³-hybridized carbons (Fsp3) is 0.636. The molecule has 0 spiro atoms. The Morgan fingerprint density at radius 2 is 2.07 bits per heavy atom. The Hall–Kier alpha value is -0.420. The predicted molar refractivity (Wildman–Crippen MR) is 63.3 cm³/mol. The van der Waals surface area contributed by atoms with E-state index >= 15 is 0 Å². The first-order chi connectivity index (χ1) is 7.19. The van der Waals surface area contributed by atoms with E-state index in [4.69, 9.17) is 9.47 Å². The molecular weight excluding hydrogens is 210 g/mol. The van der Waals surface area contributed by atoms with Gasteiger partial charge in [-0.25, -0.2) is 0 Å². The fourth-order valence-corrected chi connectivity index (χ4v) is 2.42. The Balaban J connectivity index is 2.42. The molecule has 1 aromatic rings. The molecule has 0 amide bonds. The summed E-state index contributed by atoms with van der Waals surface area (Å²) in [6.45, 7) is 4.99. The number of hydrogen-bond donors (Lipinski definition) is 1. The summed E-state index contributed by atoms with van der Waals surface area (Å²) in [5.41, 5.74) is 1.34. The van der Waals surface area contributed by atoms with Crippen LogP contribution in [0.25, 0.3) is 0 Å². The monoisotopic (exact) mass is 229 g/mol. The summed E-state index contributed by atoms with van der Waals surface area (Å²) >= 11 is 1.78. The van der Waals surface area contributed by atoms with Gasteiger partial charge in [0.15, 0.2) is 6.29 Å². The Labute approximate surface area is 95.4 Å². The van der Waals surface area contributed by atoms with Crippen LogP contribution in [0, 0.1) is 6.92 Å². The van der Waals surface area contributed by atoms with Crippen molar-refractivity contribution in [2.24, 2.45) is 0 Å². The van der Waals surface area contributed by atoms with Gasteiger partial charge in [-0.15, -0.1) is 11.3 Å². The normalized spacial score (nSPS) is 13.4. The van der Waals surface area contributed by atoms with Crippen LogP contribution in [-0.4, -0.2) is 27.1 Å². The summed E-state index contributed by atoms with van der Waals surface area (Å²) in [5, 5.41) is 5.51. The van der Waals surface area contributed by atoms with E-state index in [-0.39, 0.29) is 6.29 Å². The maximum Gasteiger partial charge on any atom is 0.169 e. The highest BCUT2D eigenvalue weighted by Crippen LogP contribution is 2.23. The third-order valence-corrected chi connectivity index (χ3v) is 3.61. The molecule has 0 radical (unpaired) electrons. The number of hydrogen-bond acceptors (Lipinski definition) is 4. The number of rotatable bonds is 6. The standard InChI is InChI=1S/C11H19NO2S/c1-8-5-6-15-11(8)9(2)12-7-10(13-3)14-4/h5-6,9-10,12H,7H2,1-4H3. The quantitative estimate of drug-likeness (QED) is 0.759. The minimum absolute atomic E-state index is 0.173. The molecule has 1 heterocycles. The van der Waals surface area contributed by atoms with Crippen molar-refractivity contribution in [1.82, 2.24) is 5.32 Å². The molecular formula is C11H19NO2S. The number of thiophene rings is 1. The van der Waals surface area contributed by atoms with Gasteiger partial charge in [0.1, 0.15) is 0 Å². The van der Waals surface area contributed by atoms with Crippen LogP contribution in [0.4, 0.5) is 0 Å². The first-order valence-electron chi connectivity index (χ1n) is 5.02. The third-order valence-electron chi connectivity index (χ3n) is 2.41. The van der Waals surface area contributed by atoms with Crippen molar-refractivity contribution in [3.63, 3.8) is 0 Å². The summed E-state index contributed by atoms with van der Waals surface area (Å²) in [5.74, 6) is 0. The third kappa shape index (κ3) is 3.57. The van der Waals surface area contributed by atoms with E-state index in [1.165, 1.54) is 10.4 Å². The summed E-state index contributed by atoms with van der Waals surface area (Å²) in [6.07, 6.45) is -0.173. The molecule has 0 aliphatic rings. The molecule has 3 nitrogen and oxygen atoms in total. The minimum atomic E-state index is -0.173. The van der Waals surface area contributed by atoms with E-state index in [0.717, 1.165) is 0 Å². The van der Waals surface area contributed by atoms with Crippen LogP contribution in [0.1, 0.15) is 23.4 Å². The van der Waals surface area contributed by atoms with E-state index in [9.17, 15) is 0 Å². The Morgan fingerprint density at radius 3 is 2.53 bits per heavy atom. The van der Waals surface area contributed by atoms with Gasteiger partial charge in [-0.3, -0.25) is 0 Å². The van der Waals surface area contributed by atoms with Crippen molar-refractivity contribution in [3.05, 3.63) is 21.9 Å². The van der Waals surface area contributed by atoms with Gasteiger partial charge in [-0.05, 0) is 30.9 Å². The lowest BCUT2D eigenvalue weighted by Crippen LogP contribution is -2.31. The van der Waals surface area contributed by atoms with Crippen molar-refractivity contribution in [2.75, 3.05) is 20.8 Å². The number of ether oxygens (including phenoxy) is 2. The molecule has 1 unspecified atom stereocenters. The van der Waals surface area contributed by atoms with Crippen LogP contribution in [0.15, 0.2) is 11.4 Å². The second-order valence-electron chi connectivity index (χ2n) is 3.50. The van der Waals surface area contributed by atoms with Crippen LogP contribution in [0.2, 0.25) is 0 Å². The van der Waals surface area contributed by atoms with Gasteiger partial charge in [-0.1, -0.05) is 0 Å². The molecule has 0 saturated heterocycles. The number of nitrogens with one attached hydrogen (secondary N) is 1. The number of methoxy groups -OCH3 is 2. The summed E-state index contributed by atoms with van der Waals surface area (Å²) < 4.78 is 10.2. The van der Waals surface area contributed by atoms with Gasteiger partial charge in [0, 0.05) is 31.7 Å². The molecule has 0 aliphatic carbocycles. The van der Waals surface area contributed by atoms with Crippen molar-refractivity contribution < 1.29 is 9.47 Å². The van der Waals surface area contributed by atoms with Gasteiger partial charge in [0.25, 0.3) is 0 Å². The molecule has 0 aliphatic heterocycles. The van der Waals surface area contributed by atoms with Crippen molar-refractivity contribution >= 4 is 11.3 Å². The van der Waals surface area contributed by atoms with Crippen LogP contribution in [0.5, 0.6) is 0 Å². The lowest BCUT2D eigenvalue weighted by molar-refractivity contribution is -0.0997. The van der Waals surface area contributed by atoms with Crippen LogP contribution in [0.3, 0.4) is 0 Å². The van der Waals surface area contributed by atoms with Gasteiger partial charge in [0.2, 0.25) is 0 Å². The molecule has 15 heavy (non-hydrogen) atoms. The zero-order chi connectivity index (χ0) is 11.3. The smallest absolute Gasteiger partial charge is 0.169 e. The Kier molecular flexibility index (Phi) is 5.25. The Bertz CT molecular complexity index is 284. The summed E-state index contributed by atoms with van der Waals surface area (Å²) in [7, 11) is 3.30. The minimum Gasteiger partial charge on any atom is -0.355 e. The second-order valence-corrected chi connectivity index (χ2v) is 4.45. The van der Waals surface area contributed by atoms with Crippen LogP contribution >= 0.6 is 11.3 Å². The lowest BCUT2D eigenvalue weighted by Gasteiger charge is -2.18. The second kappa shape index (κ2) is 6.23. The molecule has 1 rings (SSSR count). The SMILES string of the molecule is COC(CNC(C)c1sccc1C)OC. The highest BCUT2D eigenvalue weighted by atomic mass is 32.1. The highest BCUT2D eigenvalue weighted by molar-refractivity contribution is 7.10. The zero-order valence-corrected chi connectivity index (χ0v) is 10.6. The molecule has 1 N–H and O–H groups in total. The van der Waals surface area contributed by atoms with E-state index in [1.807, 2.05) is 0 Å². The molecule has 0 aromatic carbocycles. The van der Waals surface area contributed by atoms with Gasteiger partial charge in [-0.2, -0.15) is 0 Å². The lowest BCUT2D eigenvalue weighted by atomic mass is 10.2. The molecule has 1 atom stereocenters. The largest absolute Gasteiger partial charge is 0.355 e.